The van der Waals surface area contributed by atoms with E-state index in [0.29, 0.717) is 0 Å². The number of aliphatic hydroxyl groups is 8. The van der Waals surface area contributed by atoms with Gasteiger partial charge in [-0.15, -0.1) is 0 Å². The summed E-state index contributed by atoms with van der Waals surface area (Å²) in [6, 6.07) is 0. The van der Waals surface area contributed by atoms with Crippen LogP contribution in [0.5, 0.6) is 0 Å². The van der Waals surface area contributed by atoms with Gasteiger partial charge >= 0.3 is 0 Å². The Labute approximate surface area is 246 Å². The van der Waals surface area contributed by atoms with E-state index in [-0.39, 0.29) is 57.6 Å². The zero-order valence-corrected chi connectivity index (χ0v) is 25.2. The summed E-state index contributed by atoms with van der Waals surface area (Å²) in [5.74, 6) is -0.432. The monoisotopic (exact) mass is 620 g/mol. The molecule has 0 amide bonds. The first-order chi connectivity index (χ1) is 19.9. The van der Waals surface area contributed by atoms with Crippen LogP contribution in [0.25, 0.3) is 0 Å². The lowest BCUT2D eigenvalue weighted by atomic mass is 10.0. The molecule has 2 rings (SSSR count). The van der Waals surface area contributed by atoms with Crippen LogP contribution in [0, 0.1) is 11.8 Å². The minimum atomic E-state index is -1.39. The maximum atomic E-state index is 9.94. The molecule has 0 saturated carbocycles. The number of aliphatic hydroxyl groups excluding tert-OH is 8. The average molecular weight is 621 g/mol. The lowest BCUT2D eigenvalue weighted by molar-refractivity contribution is -0.184. The number of hydrogen-bond acceptors (Lipinski definition) is 16. The van der Waals surface area contributed by atoms with Crippen molar-refractivity contribution in [1.82, 2.24) is 0 Å². The van der Waals surface area contributed by atoms with Gasteiger partial charge in [0.25, 0.3) is 0 Å². The van der Waals surface area contributed by atoms with Crippen LogP contribution < -0.4 is 0 Å². The van der Waals surface area contributed by atoms with Crippen molar-refractivity contribution in [2.75, 3.05) is 68.1 Å². The first-order valence-corrected chi connectivity index (χ1v) is 13.8. The number of rotatable bonds is 18. The molecule has 0 radical (unpaired) electrons. The van der Waals surface area contributed by atoms with Gasteiger partial charge in [-0.3, -0.25) is 0 Å². The summed E-state index contributed by atoms with van der Waals surface area (Å²) in [6.07, 6.45) is -11.1. The van der Waals surface area contributed by atoms with Crippen LogP contribution in [0.15, 0.2) is 0 Å². The fourth-order valence-corrected chi connectivity index (χ4v) is 4.58. The van der Waals surface area contributed by atoms with E-state index in [1.54, 1.807) is 6.92 Å². The fourth-order valence-electron chi connectivity index (χ4n) is 4.58. The van der Waals surface area contributed by atoms with Gasteiger partial charge in [-0.1, -0.05) is 13.8 Å². The molecule has 2 heterocycles. The zero-order valence-electron chi connectivity index (χ0n) is 25.2. The molecule has 2 aliphatic heterocycles. The van der Waals surface area contributed by atoms with E-state index >= 15 is 0 Å². The average Bonchev–Trinajstić information content (AvgIpc) is 3.43. The minimum absolute atomic E-state index is 0.0904. The van der Waals surface area contributed by atoms with E-state index in [4.69, 9.17) is 37.9 Å². The quantitative estimate of drug-likeness (QED) is 0.0733. The molecule has 0 bridgehead atoms. The molecule has 0 aromatic heterocycles. The van der Waals surface area contributed by atoms with Crippen molar-refractivity contribution in [1.29, 1.82) is 0 Å². The van der Waals surface area contributed by atoms with Crippen molar-refractivity contribution in [2.24, 2.45) is 11.8 Å². The van der Waals surface area contributed by atoms with Crippen molar-refractivity contribution in [3.8, 4) is 0 Å². The topological polar surface area (TPSA) is 236 Å². The largest absolute Gasteiger partial charge is 0.394 e. The van der Waals surface area contributed by atoms with Crippen LogP contribution in [0.1, 0.15) is 13.8 Å². The summed E-state index contributed by atoms with van der Waals surface area (Å²) in [5.41, 5.74) is 0. The summed E-state index contributed by atoms with van der Waals surface area (Å²) in [7, 11) is 5.79. The molecular formula is C26H52O16. The Balaban J connectivity index is 0.000000420. The fraction of sp³-hybridized carbons (Fsp3) is 1.00. The van der Waals surface area contributed by atoms with Gasteiger partial charge in [0, 0.05) is 40.3 Å². The van der Waals surface area contributed by atoms with Gasteiger partial charge in [-0.05, 0) is 0 Å². The highest BCUT2D eigenvalue weighted by molar-refractivity contribution is 4.86. The maximum absolute atomic E-state index is 9.94. The van der Waals surface area contributed by atoms with Crippen LogP contribution in [0.4, 0.5) is 0 Å². The molecule has 42 heavy (non-hydrogen) atoms. The molecule has 0 spiro atoms. The van der Waals surface area contributed by atoms with Crippen molar-refractivity contribution in [2.45, 2.75) is 87.5 Å². The minimum Gasteiger partial charge on any atom is -0.394 e. The normalized spacial score (nSPS) is 33.9. The van der Waals surface area contributed by atoms with E-state index in [1.807, 2.05) is 6.92 Å². The van der Waals surface area contributed by atoms with Crippen LogP contribution in [0.3, 0.4) is 0 Å². The van der Waals surface area contributed by atoms with E-state index in [9.17, 15) is 40.9 Å². The Bertz CT molecular complexity index is 691. The first-order valence-electron chi connectivity index (χ1n) is 13.8. The van der Waals surface area contributed by atoms with Crippen molar-refractivity contribution < 1.29 is 78.7 Å². The molecule has 0 aromatic carbocycles. The molecule has 16 nitrogen and oxygen atoms in total. The molecule has 14 atom stereocenters. The third-order valence-corrected chi connectivity index (χ3v) is 7.18. The molecule has 2 aliphatic rings. The molecule has 0 aliphatic carbocycles. The van der Waals surface area contributed by atoms with Crippen LogP contribution in [-0.2, 0) is 37.9 Å². The van der Waals surface area contributed by atoms with Crippen LogP contribution >= 0.6 is 0 Å². The van der Waals surface area contributed by atoms with E-state index in [0.717, 1.165) is 0 Å². The smallest absolute Gasteiger partial charge is 0.163 e. The second-order valence-corrected chi connectivity index (χ2v) is 10.5. The lowest BCUT2D eigenvalue weighted by Crippen LogP contribution is -2.43. The highest BCUT2D eigenvalue weighted by Crippen LogP contribution is 2.30. The van der Waals surface area contributed by atoms with Crippen LogP contribution in [0.2, 0.25) is 0 Å². The number of methoxy groups -OCH3 is 4. The summed E-state index contributed by atoms with van der Waals surface area (Å²) < 4.78 is 41.3. The van der Waals surface area contributed by atoms with Gasteiger partial charge in [0.15, 0.2) is 12.6 Å². The van der Waals surface area contributed by atoms with Crippen molar-refractivity contribution >= 4 is 0 Å². The van der Waals surface area contributed by atoms with Gasteiger partial charge in [0.2, 0.25) is 0 Å². The second-order valence-electron chi connectivity index (χ2n) is 10.5. The summed E-state index contributed by atoms with van der Waals surface area (Å²) in [5, 5.41) is 77.1. The third-order valence-electron chi connectivity index (χ3n) is 7.18. The Morgan fingerprint density at radius 2 is 1.05 bits per heavy atom. The van der Waals surface area contributed by atoms with E-state index < -0.39 is 67.5 Å². The SMILES string of the molecule is COCC(O)C(O)C(O)CO[C@@H]1O[C@H](CO)[C@H](OC)C1C.COCC(O)C(O)C(O)CO[C@@H]1O[C@H](COC)[C@H](O)C1C. The number of ether oxygens (including phenoxy) is 8. The molecular weight excluding hydrogens is 568 g/mol. The predicted molar refractivity (Wildman–Crippen MR) is 143 cm³/mol. The maximum Gasteiger partial charge on any atom is 0.163 e. The summed E-state index contributed by atoms with van der Waals surface area (Å²) >= 11 is 0. The lowest BCUT2D eigenvalue weighted by Gasteiger charge is -2.24. The van der Waals surface area contributed by atoms with Crippen molar-refractivity contribution in [3.05, 3.63) is 0 Å². The highest BCUT2D eigenvalue weighted by Gasteiger charge is 2.43. The van der Waals surface area contributed by atoms with Crippen LogP contribution in [-0.4, -0.2) is 183 Å². The standard InChI is InChI=1S/2C13H26O8/c1-7-12(19-3)10(4-14)21-13(7)20-6-9(16)11(17)8(15)5-18-2;1-7-11(16)10(6-19-3)21-13(7)20-5-9(15)12(17)8(14)4-18-2/h2*7-17H,4-6H2,1-3H3/t7?,8?,9?,10-,11?,12-,13-;7?,8?,9?,10-,11-,12?,13-/m11/s1. The Morgan fingerprint density at radius 3 is 1.43 bits per heavy atom. The number of hydrogen-bond donors (Lipinski definition) is 8. The molecule has 16 heteroatoms. The molecule has 8 N–H and O–H groups in total. The van der Waals surface area contributed by atoms with Gasteiger partial charge in [-0.25, -0.2) is 0 Å². The summed E-state index contributed by atoms with van der Waals surface area (Å²) in [4.78, 5) is 0. The molecule has 252 valence electrons. The van der Waals surface area contributed by atoms with Gasteiger partial charge in [-0.2, -0.15) is 0 Å². The predicted octanol–water partition coefficient (Wildman–Crippen LogP) is -3.80. The molecule has 2 fully saturated rings. The van der Waals surface area contributed by atoms with Crippen molar-refractivity contribution in [3.63, 3.8) is 0 Å². The second kappa shape index (κ2) is 20.4. The highest BCUT2D eigenvalue weighted by atomic mass is 16.7. The third kappa shape index (κ3) is 11.7. The van der Waals surface area contributed by atoms with Gasteiger partial charge < -0.3 is 78.7 Å². The van der Waals surface area contributed by atoms with E-state index in [1.165, 1.54) is 28.4 Å². The van der Waals surface area contributed by atoms with Gasteiger partial charge in [0.05, 0.1) is 51.8 Å². The molecule has 0 aromatic rings. The Morgan fingerprint density at radius 1 is 0.619 bits per heavy atom. The zero-order chi connectivity index (χ0) is 32.0. The molecule has 8 unspecified atom stereocenters. The Hall–Kier alpha value is -0.640. The van der Waals surface area contributed by atoms with E-state index in [2.05, 4.69) is 0 Å². The van der Waals surface area contributed by atoms with Gasteiger partial charge in [0.1, 0.15) is 48.8 Å². The molecule has 2 saturated heterocycles. The first kappa shape index (κ1) is 39.4. The summed E-state index contributed by atoms with van der Waals surface area (Å²) in [6.45, 7) is 3.01. The Kier molecular flexibility index (Phi) is 19.1.